The van der Waals surface area contributed by atoms with E-state index < -0.39 is 6.04 Å². The van der Waals surface area contributed by atoms with E-state index in [0.717, 1.165) is 22.4 Å². The van der Waals surface area contributed by atoms with Crippen molar-refractivity contribution in [1.29, 1.82) is 0 Å². The Bertz CT molecular complexity index is 783. The number of nitrogens with zero attached hydrogens (tertiary/aromatic N) is 1. The second kappa shape index (κ2) is 5.88. The Balaban J connectivity index is 1.87. The molecule has 0 spiro atoms. The largest absolute Gasteiger partial charge is 0.373 e. The monoisotopic (exact) mass is 308 g/mol. The van der Waals surface area contributed by atoms with Crippen LogP contribution in [0.25, 0.3) is 0 Å². The lowest BCUT2D eigenvalue weighted by Crippen LogP contribution is -2.35. The third-order valence-corrected chi connectivity index (χ3v) is 4.21. The lowest BCUT2D eigenvalue weighted by Gasteiger charge is -2.19. The standard InChI is InChI=1S/C19H20N2O2/c1-12-8-9-17(14(3)10-12)21-18(22)11-16(19(21)23)20-15-7-5-4-6-13(15)2/h4-10,16,20H,11H2,1-3H3/t16-/m0/s1. The minimum atomic E-state index is -0.510. The minimum Gasteiger partial charge on any atom is -0.373 e. The van der Waals surface area contributed by atoms with Gasteiger partial charge in [-0.25, -0.2) is 4.90 Å². The Hall–Kier alpha value is -2.62. The van der Waals surface area contributed by atoms with Gasteiger partial charge >= 0.3 is 0 Å². The van der Waals surface area contributed by atoms with Gasteiger partial charge in [0.15, 0.2) is 0 Å². The molecule has 2 aromatic carbocycles. The quantitative estimate of drug-likeness (QED) is 0.885. The normalized spacial score (nSPS) is 17.7. The first-order valence-corrected chi connectivity index (χ1v) is 7.73. The van der Waals surface area contributed by atoms with Gasteiger partial charge in [-0.1, -0.05) is 35.9 Å². The lowest BCUT2D eigenvalue weighted by molar-refractivity contribution is -0.121. The zero-order valence-electron chi connectivity index (χ0n) is 13.6. The van der Waals surface area contributed by atoms with Gasteiger partial charge in [-0.05, 0) is 44.0 Å². The third kappa shape index (κ3) is 2.84. The van der Waals surface area contributed by atoms with Crippen LogP contribution in [-0.2, 0) is 9.59 Å². The second-order valence-electron chi connectivity index (χ2n) is 6.07. The number of carbonyl (C=O) groups excluding carboxylic acids is 2. The van der Waals surface area contributed by atoms with Gasteiger partial charge in [0.25, 0.3) is 5.91 Å². The highest BCUT2D eigenvalue weighted by Gasteiger charge is 2.40. The summed E-state index contributed by atoms with van der Waals surface area (Å²) in [6.45, 7) is 5.89. The molecule has 118 valence electrons. The Morgan fingerprint density at radius 1 is 1.00 bits per heavy atom. The highest BCUT2D eigenvalue weighted by molar-refractivity contribution is 6.23. The Kier molecular flexibility index (Phi) is 3.90. The first-order valence-electron chi connectivity index (χ1n) is 7.73. The fourth-order valence-electron chi connectivity index (χ4n) is 2.98. The van der Waals surface area contributed by atoms with E-state index in [9.17, 15) is 9.59 Å². The molecule has 1 aliphatic heterocycles. The lowest BCUT2D eigenvalue weighted by atomic mass is 10.1. The molecule has 1 heterocycles. The third-order valence-electron chi connectivity index (χ3n) is 4.21. The summed E-state index contributed by atoms with van der Waals surface area (Å²) in [5.41, 5.74) is 4.67. The number of nitrogens with one attached hydrogen (secondary N) is 1. The average Bonchev–Trinajstić information content (AvgIpc) is 2.77. The summed E-state index contributed by atoms with van der Waals surface area (Å²) >= 11 is 0. The first kappa shape index (κ1) is 15.3. The molecule has 0 saturated carbocycles. The molecule has 23 heavy (non-hydrogen) atoms. The van der Waals surface area contributed by atoms with Crippen LogP contribution in [0.1, 0.15) is 23.1 Å². The van der Waals surface area contributed by atoms with Crippen molar-refractivity contribution in [1.82, 2.24) is 0 Å². The van der Waals surface area contributed by atoms with Crippen LogP contribution in [0.4, 0.5) is 11.4 Å². The summed E-state index contributed by atoms with van der Waals surface area (Å²) in [6.07, 6.45) is 0.181. The number of aryl methyl sites for hydroxylation is 3. The van der Waals surface area contributed by atoms with Gasteiger partial charge in [-0.15, -0.1) is 0 Å². The number of anilines is 2. The molecule has 1 atom stereocenters. The van der Waals surface area contributed by atoms with Gasteiger partial charge < -0.3 is 5.32 Å². The van der Waals surface area contributed by atoms with Gasteiger partial charge in [-0.2, -0.15) is 0 Å². The summed E-state index contributed by atoms with van der Waals surface area (Å²) in [4.78, 5) is 26.4. The summed E-state index contributed by atoms with van der Waals surface area (Å²) in [5, 5.41) is 3.21. The molecule has 2 aromatic rings. The summed E-state index contributed by atoms with van der Waals surface area (Å²) < 4.78 is 0. The maximum atomic E-state index is 12.7. The molecule has 2 amide bonds. The molecule has 1 aliphatic rings. The summed E-state index contributed by atoms with van der Waals surface area (Å²) in [5.74, 6) is -0.349. The van der Waals surface area contributed by atoms with Gasteiger partial charge in [0, 0.05) is 5.69 Å². The van der Waals surface area contributed by atoms with E-state index in [2.05, 4.69) is 5.32 Å². The fraction of sp³-hybridized carbons (Fsp3) is 0.263. The van der Waals surface area contributed by atoms with Gasteiger partial charge in [0.1, 0.15) is 6.04 Å². The van der Waals surface area contributed by atoms with E-state index in [1.54, 1.807) is 0 Å². The summed E-state index contributed by atoms with van der Waals surface area (Å²) in [7, 11) is 0. The second-order valence-corrected chi connectivity index (χ2v) is 6.07. The molecule has 0 aromatic heterocycles. The Labute approximate surface area is 136 Å². The number of imide groups is 1. The predicted molar refractivity (Wildman–Crippen MR) is 91.6 cm³/mol. The molecule has 1 N–H and O–H groups in total. The molecule has 3 rings (SSSR count). The molecule has 0 radical (unpaired) electrons. The van der Waals surface area contributed by atoms with Crippen molar-refractivity contribution in [3.05, 3.63) is 59.2 Å². The van der Waals surface area contributed by atoms with Crippen LogP contribution in [0.2, 0.25) is 0 Å². The zero-order valence-corrected chi connectivity index (χ0v) is 13.6. The van der Waals surface area contributed by atoms with Crippen LogP contribution in [-0.4, -0.2) is 17.9 Å². The van der Waals surface area contributed by atoms with E-state index >= 15 is 0 Å². The smallest absolute Gasteiger partial charge is 0.256 e. The summed E-state index contributed by atoms with van der Waals surface area (Å²) in [6, 6.07) is 13.0. The van der Waals surface area contributed by atoms with Crippen LogP contribution < -0.4 is 10.2 Å². The van der Waals surface area contributed by atoms with Crippen LogP contribution in [0, 0.1) is 20.8 Å². The van der Waals surface area contributed by atoms with E-state index in [1.807, 2.05) is 63.2 Å². The Morgan fingerprint density at radius 2 is 1.74 bits per heavy atom. The van der Waals surface area contributed by atoms with Crippen molar-refractivity contribution in [3.8, 4) is 0 Å². The predicted octanol–water partition coefficient (Wildman–Crippen LogP) is 3.36. The number of rotatable bonds is 3. The van der Waals surface area contributed by atoms with Crippen LogP contribution in [0.3, 0.4) is 0 Å². The SMILES string of the molecule is Cc1ccc(N2C(=O)C[C@H](Nc3ccccc3C)C2=O)c(C)c1. The van der Waals surface area contributed by atoms with Crippen LogP contribution in [0.15, 0.2) is 42.5 Å². The fourth-order valence-corrected chi connectivity index (χ4v) is 2.98. The van der Waals surface area contributed by atoms with E-state index in [1.165, 1.54) is 4.90 Å². The molecule has 1 saturated heterocycles. The average molecular weight is 308 g/mol. The topological polar surface area (TPSA) is 49.4 Å². The number of amides is 2. The van der Waals surface area contributed by atoms with Crippen molar-refractivity contribution in [2.24, 2.45) is 0 Å². The van der Waals surface area contributed by atoms with Crippen LogP contribution >= 0.6 is 0 Å². The maximum absolute atomic E-state index is 12.7. The molecule has 0 bridgehead atoms. The Morgan fingerprint density at radius 3 is 2.43 bits per heavy atom. The van der Waals surface area contributed by atoms with Gasteiger partial charge in [0.2, 0.25) is 5.91 Å². The molecular formula is C19H20N2O2. The van der Waals surface area contributed by atoms with E-state index in [4.69, 9.17) is 0 Å². The van der Waals surface area contributed by atoms with Gasteiger partial charge in [-0.3, -0.25) is 9.59 Å². The van der Waals surface area contributed by atoms with Crippen molar-refractivity contribution in [2.75, 3.05) is 10.2 Å². The minimum absolute atomic E-state index is 0.159. The molecule has 4 nitrogen and oxygen atoms in total. The number of hydrogen-bond acceptors (Lipinski definition) is 3. The maximum Gasteiger partial charge on any atom is 0.256 e. The first-order chi connectivity index (χ1) is 11.0. The number of benzene rings is 2. The number of carbonyl (C=O) groups is 2. The number of para-hydroxylation sites is 1. The van der Waals surface area contributed by atoms with Crippen molar-refractivity contribution in [3.63, 3.8) is 0 Å². The van der Waals surface area contributed by atoms with E-state index in [0.29, 0.717) is 5.69 Å². The highest BCUT2D eigenvalue weighted by atomic mass is 16.2. The van der Waals surface area contributed by atoms with E-state index in [-0.39, 0.29) is 18.2 Å². The zero-order chi connectivity index (χ0) is 16.6. The van der Waals surface area contributed by atoms with Crippen molar-refractivity contribution in [2.45, 2.75) is 33.2 Å². The van der Waals surface area contributed by atoms with Crippen LogP contribution in [0.5, 0.6) is 0 Å². The molecule has 0 unspecified atom stereocenters. The molecule has 0 aliphatic carbocycles. The molecule has 4 heteroatoms. The number of hydrogen-bond donors (Lipinski definition) is 1. The highest BCUT2D eigenvalue weighted by Crippen LogP contribution is 2.28. The molecule has 1 fully saturated rings. The van der Waals surface area contributed by atoms with Gasteiger partial charge in [0.05, 0.1) is 12.1 Å². The molecular weight excluding hydrogens is 288 g/mol. The van der Waals surface area contributed by atoms with Crippen molar-refractivity contribution < 1.29 is 9.59 Å². The van der Waals surface area contributed by atoms with Crippen molar-refractivity contribution >= 4 is 23.2 Å².